The zero-order chi connectivity index (χ0) is 14.6. The Morgan fingerprint density at radius 2 is 2.00 bits per heavy atom. The highest BCUT2D eigenvalue weighted by Crippen LogP contribution is 2.23. The lowest BCUT2D eigenvalue weighted by molar-refractivity contribution is 0.0950. The third-order valence-electron chi connectivity index (χ3n) is 2.58. The van der Waals surface area contributed by atoms with E-state index in [1.165, 1.54) is 0 Å². The van der Waals surface area contributed by atoms with Crippen molar-refractivity contribution in [2.75, 3.05) is 12.3 Å². The molecule has 6 nitrogen and oxygen atoms in total. The van der Waals surface area contributed by atoms with Crippen LogP contribution in [0, 0.1) is 13.8 Å². The molecule has 0 saturated heterocycles. The molecule has 0 bridgehead atoms. The number of nitrogens with one attached hydrogen (secondary N) is 1. The fourth-order valence-corrected chi connectivity index (χ4v) is 2.25. The summed E-state index contributed by atoms with van der Waals surface area (Å²) in [4.78, 5) is 11.8. The Kier molecular flexibility index (Phi) is 4.90. The molecule has 0 atom stereocenters. The number of aromatic hydroxyl groups is 1. The van der Waals surface area contributed by atoms with Gasteiger partial charge < -0.3 is 10.4 Å². The number of carbonyl (C=O) groups excluding carboxylic acids is 1. The number of amides is 1. The first-order valence-corrected chi connectivity index (χ1v) is 7.51. The van der Waals surface area contributed by atoms with E-state index in [-0.39, 0.29) is 30.0 Å². The van der Waals surface area contributed by atoms with Crippen molar-refractivity contribution in [3.8, 4) is 5.75 Å². The first kappa shape index (κ1) is 15.5. The van der Waals surface area contributed by atoms with E-state index in [2.05, 4.69) is 5.32 Å². The van der Waals surface area contributed by atoms with Crippen molar-refractivity contribution in [2.45, 2.75) is 20.3 Å². The maximum atomic E-state index is 11.8. The van der Waals surface area contributed by atoms with E-state index in [1.807, 2.05) is 6.92 Å². The molecule has 0 fully saturated rings. The molecule has 0 aliphatic heterocycles. The van der Waals surface area contributed by atoms with E-state index in [4.69, 9.17) is 5.14 Å². The molecule has 1 aromatic rings. The highest BCUT2D eigenvalue weighted by atomic mass is 32.2. The van der Waals surface area contributed by atoms with Crippen molar-refractivity contribution in [1.29, 1.82) is 0 Å². The number of hydrogen-bond donors (Lipinski definition) is 3. The highest BCUT2D eigenvalue weighted by molar-refractivity contribution is 7.89. The fraction of sp³-hybridized carbons (Fsp3) is 0.417. The second-order valence-electron chi connectivity index (χ2n) is 4.45. The molecule has 106 valence electrons. The van der Waals surface area contributed by atoms with Crippen LogP contribution in [0.1, 0.15) is 27.9 Å². The predicted octanol–water partition coefficient (Wildman–Crippen LogP) is 0.417. The second-order valence-corrected chi connectivity index (χ2v) is 6.19. The number of aryl methyl sites for hydroxylation is 2. The summed E-state index contributed by atoms with van der Waals surface area (Å²) in [7, 11) is -3.51. The summed E-state index contributed by atoms with van der Waals surface area (Å²) in [5, 5.41) is 17.2. The molecule has 0 heterocycles. The lowest BCUT2D eigenvalue weighted by Gasteiger charge is -2.09. The van der Waals surface area contributed by atoms with Crippen LogP contribution < -0.4 is 10.5 Å². The van der Waals surface area contributed by atoms with Crippen LogP contribution in [0.2, 0.25) is 0 Å². The number of rotatable bonds is 5. The van der Waals surface area contributed by atoms with Gasteiger partial charge in [0.1, 0.15) is 5.75 Å². The zero-order valence-corrected chi connectivity index (χ0v) is 11.8. The molecule has 1 amide bonds. The van der Waals surface area contributed by atoms with E-state index in [0.717, 1.165) is 5.56 Å². The minimum absolute atomic E-state index is 0.0606. The zero-order valence-electron chi connectivity index (χ0n) is 10.9. The summed E-state index contributed by atoms with van der Waals surface area (Å²) >= 11 is 0. The Hall–Kier alpha value is -1.60. The molecule has 1 aromatic carbocycles. The molecule has 7 heteroatoms. The summed E-state index contributed by atoms with van der Waals surface area (Å²) in [6.07, 6.45) is 0.232. The number of phenolic OH excluding ortho intramolecular Hbond substituents is 1. The molecule has 0 unspecified atom stereocenters. The minimum atomic E-state index is -3.51. The van der Waals surface area contributed by atoms with Crippen molar-refractivity contribution in [2.24, 2.45) is 5.14 Å². The maximum absolute atomic E-state index is 11.8. The molecule has 0 aliphatic carbocycles. The third kappa shape index (κ3) is 4.88. The molecule has 0 aliphatic rings. The highest BCUT2D eigenvalue weighted by Gasteiger charge is 2.13. The first-order valence-electron chi connectivity index (χ1n) is 5.79. The summed E-state index contributed by atoms with van der Waals surface area (Å²) in [6, 6.07) is 3.35. The van der Waals surface area contributed by atoms with Gasteiger partial charge in [-0.15, -0.1) is 0 Å². The summed E-state index contributed by atoms with van der Waals surface area (Å²) in [6.45, 7) is 3.71. The molecule has 4 N–H and O–H groups in total. The summed E-state index contributed by atoms with van der Waals surface area (Å²) in [5.74, 6) is -0.681. The monoisotopic (exact) mass is 286 g/mol. The van der Waals surface area contributed by atoms with Gasteiger partial charge in [-0.3, -0.25) is 4.79 Å². The van der Waals surface area contributed by atoms with Crippen LogP contribution in [0.25, 0.3) is 0 Å². The number of sulfonamides is 1. The fourth-order valence-electron chi connectivity index (χ4n) is 1.70. The Balaban J connectivity index is 2.64. The quantitative estimate of drug-likeness (QED) is 0.681. The second kappa shape index (κ2) is 6.03. The van der Waals surface area contributed by atoms with Crippen molar-refractivity contribution >= 4 is 15.9 Å². The first-order chi connectivity index (χ1) is 8.70. The lowest BCUT2D eigenvalue weighted by Crippen LogP contribution is -2.27. The van der Waals surface area contributed by atoms with Crippen LogP contribution in [0.5, 0.6) is 5.75 Å². The Bertz CT molecular complexity index is 582. The smallest absolute Gasteiger partial charge is 0.255 e. The molecule has 0 aromatic heterocycles. The molecule has 19 heavy (non-hydrogen) atoms. The average molecular weight is 286 g/mol. The number of primary sulfonamides is 1. The van der Waals surface area contributed by atoms with Gasteiger partial charge in [0.05, 0.1) is 11.3 Å². The van der Waals surface area contributed by atoms with Gasteiger partial charge in [-0.25, -0.2) is 13.6 Å². The van der Waals surface area contributed by atoms with E-state index < -0.39 is 15.9 Å². The number of phenols is 1. The van der Waals surface area contributed by atoms with Crippen LogP contribution in [0.15, 0.2) is 12.1 Å². The molecular formula is C12H18N2O4S. The van der Waals surface area contributed by atoms with E-state index in [0.29, 0.717) is 5.56 Å². The maximum Gasteiger partial charge on any atom is 0.255 e. The molecule has 1 rings (SSSR count). The number of hydrogen-bond acceptors (Lipinski definition) is 4. The van der Waals surface area contributed by atoms with Crippen LogP contribution >= 0.6 is 0 Å². The van der Waals surface area contributed by atoms with E-state index in [1.54, 1.807) is 19.1 Å². The Morgan fingerprint density at radius 3 is 2.58 bits per heavy atom. The molecule has 0 radical (unpaired) electrons. The predicted molar refractivity (Wildman–Crippen MR) is 72.5 cm³/mol. The number of carbonyl (C=O) groups is 1. The SMILES string of the molecule is Cc1cc(C)c(O)c(C(=O)NCCCS(N)(=O)=O)c1. The standard InChI is InChI=1S/C12H18N2O4S/c1-8-6-9(2)11(15)10(7-8)12(16)14-4-3-5-19(13,17)18/h6-7,15H,3-5H2,1-2H3,(H,14,16)(H2,13,17,18). The van der Waals surface area contributed by atoms with Crippen molar-refractivity contribution < 1.29 is 18.3 Å². The van der Waals surface area contributed by atoms with Crippen LogP contribution in [-0.4, -0.2) is 31.7 Å². The summed E-state index contributed by atoms with van der Waals surface area (Å²) in [5.41, 5.74) is 1.67. The van der Waals surface area contributed by atoms with Crippen LogP contribution in [0.4, 0.5) is 0 Å². The van der Waals surface area contributed by atoms with Gasteiger partial charge >= 0.3 is 0 Å². The molecular weight excluding hydrogens is 268 g/mol. The normalized spacial score (nSPS) is 11.3. The third-order valence-corrected chi connectivity index (χ3v) is 3.44. The Labute approximate surface area is 112 Å². The van der Waals surface area contributed by atoms with Crippen molar-refractivity contribution in [3.05, 3.63) is 28.8 Å². The van der Waals surface area contributed by atoms with Crippen LogP contribution in [0.3, 0.4) is 0 Å². The van der Waals surface area contributed by atoms with Gasteiger partial charge in [-0.1, -0.05) is 6.07 Å². The number of benzene rings is 1. The topological polar surface area (TPSA) is 109 Å². The largest absolute Gasteiger partial charge is 0.507 e. The molecule has 0 saturated carbocycles. The van der Waals surface area contributed by atoms with Gasteiger partial charge in [0, 0.05) is 6.54 Å². The Morgan fingerprint density at radius 1 is 1.37 bits per heavy atom. The van der Waals surface area contributed by atoms with E-state index in [9.17, 15) is 18.3 Å². The minimum Gasteiger partial charge on any atom is -0.507 e. The lowest BCUT2D eigenvalue weighted by atomic mass is 10.1. The van der Waals surface area contributed by atoms with Gasteiger partial charge in [0.25, 0.3) is 5.91 Å². The van der Waals surface area contributed by atoms with Gasteiger partial charge in [-0.05, 0) is 37.5 Å². The van der Waals surface area contributed by atoms with E-state index >= 15 is 0 Å². The average Bonchev–Trinajstić information content (AvgIpc) is 2.27. The number of nitrogens with two attached hydrogens (primary N) is 1. The van der Waals surface area contributed by atoms with Crippen molar-refractivity contribution in [1.82, 2.24) is 5.32 Å². The summed E-state index contributed by atoms with van der Waals surface area (Å²) < 4.78 is 21.4. The van der Waals surface area contributed by atoms with Gasteiger partial charge in [0.2, 0.25) is 10.0 Å². The van der Waals surface area contributed by atoms with Gasteiger partial charge in [-0.2, -0.15) is 0 Å². The molecule has 0 spiro atoms. The van der Waals surface area contributed by atoms with Gasteiger partial charge in [0.15, 0.2) is 0 Å². The van der Waals surface area contributed by atoms with Crippen molar-refractivity contribution in [3.63, 3.8) is 0 Å². The van der Waals surface area contributed by atoms with Crippen LogP contribution in [-0.2, 0) is 10.0 Å².